The summed E-state index contributed by atoms with van der Waals surface area (Å²) in [6.07, 6.45) is 7.55. The van der Waals surface area contributed by atoms with Crippen molar-refractivity contribution in [3.8, 4) is 39.2 Å². The van der Waals surface area contributed by atoms with E-state index in [1.54, 1.807) is 35.0 Å². The van der Waals surface area contributed by atoms with E-state index in [9.17, 15) is 29.7 Å². The second kappa shape index (κ2) is 25.0. The van der Waals surface area contributed by atoms with Crippen molar-refractivity contribution in [3.63, 3.8) is 0 Å². The Kier molecular flexibility index (Phi) is 17.2. The molecule has 82 heavy (non-hydrogen) atoms. The molecule has 1 saturated carbocycles. The number of aromatic hydroxyl groups is 1. The molecule has 6 aromatic rings. The Morgan fingerprint density at radius 1 is 0.890 bits per heavy atom. The molecule has 434 valence electrons. The van der Waals surface area contributed by atoms with Gasteiger partial charge < -0.3 is 59.8 Å². The molecule has 2 aromatic carbocycles. The van der Waals surface area contributed by atoms with Gasteiger partial charge in [-0.25, -0.2) is 9.97 Å². The monoisotopic (exact) mass is 1140 g/mol. The number of aromatic nitrogens is 5. The Hall–Kier alpha value is -7.40. The van der Waals surface area contributed by atoms with Gasteiger partial charge in [0.25, 0.3) is 5.88 Å². The third-order valence-electron chi connectivity index (χ3n) is 16.9. The van der Waals surface area contributed by atoms with E-state index < -0.39 is 36.0 Å². The summed E-state index contributed by atoms with van der Waals surface area (Å²) < 4.78 is 24.8. The van der Waals surface area contributed by atoms with Crippen molar-refractivity contribution in [2.75, 3.05) is 61.4 Å². The maximum absolute atomic E-state index is 14.4. The van der Waals surface area contributed by atoms with Crippen LogP contribution in [-0.4, -0.2) is 157 Å². The summed E-state index contributed by atoms with van der Waals surface area (Å²) in [7, 11) is 0. The highest BCUT2D eigenvalue weighted by molar-refractivity contribution is 7.13. The maximum Gasteiger partial charge on any atom is 0.303 e. The van der Waals surface area contributed by atoms with Gasteiger partial charge in [0, 0.05) is 107 Å². The number of carboxylic acids is 1. The first-order valence-corrected chi connectivity index (χ1v) is 29.6. The zero-order valence-electron chi connectivity index (χ0n) is 46.6. The minimum absolute atomic E-state index is 0.0213. The zero-order chi connectivity index (χ0) is 57.0. The van der Waals surface area contributed by atoms with Gasteiger partial charge in [-0.3, -0.25) is 19.3 Å². The second-order valence-corrected chi connectivity index (χ2v) is 23.7. The average molecular weight is 1140 g/mol. The summed E-state index contributed by atoms with van der Waals surface area (Å²) in [6.45, 7) is 10.1. The topological polar surface area (TPSA) is 268 Å². The molecule has 0 spiro atoms. The molecule has 4 saturated heterocycles. The molecule has 8 heterocycles. The molecule has 11 rings (SSSR count). The number of phenols is 1. The van der Waals surface area contributed by atoms with Crippen LogP contribution < -0.4 is 30.3 Å². The standard InChI is InChI=1S/C60H73N11O10S/c1-35(2)56(60(77)70-33-42(72)26-50(70)59(76)64-47(8-6-10-55(74)75)37-11-13-38(14-12-37)57-36(3)63-34-82-57)52-30-54(67-81-52)78-24-23-68-21-18-43(19-22-68)79-44-27-45(28-44)80-53-25-39(17-20-62-53)71-40-15-16-41(71)32-69(31-40)49-29-48(65-66-58(49)61)46-7-4-5-9-51(46)73/h4-5,7,9,11-14,17,20,25,29-30,34-35,40-45,47,50,56,72-73H,6,8,10,15-16,18-19,21-24,26-28,31-33H2,1-3H3,(H2,61,66)(H,64,76)(H,74,75)/t40?,41?,42-,44?,45?,47+,50+,56?/m1/s1. The molecule has 2 bridgehead atoms. The van der Waals surface area contributed by atoms with Gasteiger partial charge in [-0.2, -0.15) is 0 Å². The summed E-state index contributed by atoms with van der Waals surface area (Å²) in [5.41, 5.74) is 14.1. The molecule has 6 N–H and O–H groups in total. The number of aryl methyl sites for hydroxylation is 1. The molecule has 4 aromatic heterocycles. The number of aliphatic carboxylic acids is 1. The quantitative estimate of drug-likeness (QED) is 0.0443. The number of piperazine rings is 1. The Morgan fingerprint density at radius 2 is 1.66 bits per heavy atom. The SMILES string of the molecule is Cc1ncsc1-c1ccc([C@H](CCCC(=O)O)NC(=O)[C@@H]2C[C@@H](O)CN2C(=O)C(c2cc(OCCN3CCC(OC4CC(Oc5cc(N6C7CCC6CN(c6cc(-c8ccccc8O)nnc6N)C7)ccn5)C4)CC3)no2)C(C)C)cc1. The minimum atomic E-state index is -0.950. The fourth-order valence-corrected chi connectivity index (χ4v) is 13.3. The first kappa shape index (κ1) is 56.5. The van der Waals surface area contributed by atoms with Crippen LogP contribution in [0.2, 0.25) is 0 Å². The van der Waals surface area contributed by atoms with Crippen LogP contribution in [0.5, 0.6) is 17.5 Å². The van der Waals surface area contributed by atoms with Gasteiger partial charge in [0.1, 0.15) is 30.4 Å². The number of β-amino-alcohol motifs (C(OH)–C–C–N with tert-alkyl or cyclic N) is 1. The molecule has 0 radical (unpaired) electrons. The third-order valence-corrected chi connectivity index (χ3v) is 17.8. The number of phenolic OH excluding ortho intramolecular Hbond substituents is 1. The van der Waals surface area contributed by atoms with Gasteiger partial charge in [-0.05, 0) is 91.9 Å². The Balaban J connectivity index is 0.613. The Morgan fingerprint density at radius 3 is 2.38 bits per heavy atom. The molecular formula is C60H73N11O10S. The number of rotatable bonds is 22. The van der Waals surface area contributed by atoms with Crippen molar-refractivity contribution < 1.29 is 48.4 Å². The lowest BCUT2D eigenvalue weighted by molar-refractivity contribution is -0.141. The number of likely N-dealkylation sites (tertiary alicyclic amines) is 2. The number of nitrogens with two attached hydrogens (primary N) is 1. The van der Waals surface area contributed by atoms with Crippen LogP contribution >= 0.6 is 11.3 Å². The first-order valence-electron chi connectivity index (χ1n) is 28.8. The second-order valence-electron chi connectivity index (χ2n) is 22.8. The fourth-order valence-electron chi connectivity index (χ4n) is 12.5. The number of ether oxygens (including phenoxy) is 3. The number of amides is 2. The van der Waals surface area contributed by atoms with Crippen molar-refractivity contribution in [3.05, 3.63) is 102 Å². The Labute approximate surface area is 480 Å². The van der Waals surface area contributed by atoms with Crippen LogP contribution in [0.4, 0.5) is 17.2 Å². The lowest BCUT2D eigenvalue weighted by Crippen LogP contribution is -2.54. The van der Waals surface area contributed by atoms with Crippen LogP contribution in [0.1, 0.15) is 107 Å². The number of hydrogen-bond donors (Lipinski definition) is 5. The maximum atomic E-state index is 14.4. The van der Waals surface area contributed by atoms with E-state index in [-0.39, 0.29) is 73.2 Å². The number of benzene rings is 2. The summed E-state index contributed by atoms with van der Waals surface area (Å²) in [5, 5.41) is 46.5. The van der Waals surface area contributed by atoms with Gasteiger partial charge in [0.15, 0.2) is 11.6 Å². The Bertz CT molecular complexity index is 3170. The van der Waals surface area contributed by atoms with E-state index in [1.165, 1.54) is 4.90 Å². The number of nitrogens with one attached hydrogen (secondary N) is 1. The molecule has 4 aliphatic heterocycles. The van der Waals surface area contributed by atoms with Crippen LogP contribution in [0.25, 0.3) is 21.7 Å². The predicted molar refractivity (Wildman–Crippen MR) is 308 cm³/mol. The summed E-state index contributed by atoms with van der Waals surface area (Å²) in [4.78, 5) is 58.6. The number of carboxylic acid groups (broad SMARTS) is 1. The smallest absolute Gasteiger partial charge is 0.303 e. The lowest BCUT2D eigenvalue weighted by atomic mass is 9.91. The highest BCUT2D eigenvalue weighted by atomic mass is 32.1. The molecule has 5 aliphatic rings. The molecule has 6 atom stereocenters. The number of anilines is 3. The van der Waals surface area contributed by atoms with E-state index in [0.717, 1.165) is 97.8 Å². The van der Waals surface area contributed by atoms with E-state index >= 15 is 0 Å². The number of thiazole rings is 1. The number of pyridine rings is 1. The number of para-hydroxylation sites is 1. The largest absolute Gasteiger partial charge is 0.507 e. The van der Waals surface area contributed by atoms with Gasteiger partial charge in [0.05, 0.1) is 51.8 Å². The number of piperidine rings is 1. The third kappa shape index (κ3) is 12.8. The number of hydrogen-bond acceptors (Lipinski definition) is 19. The molecule has 5 fully saturated rings. The average Bonchev–Trinajstić information content (AvgIpc) is 4.41. The van der Waals surface area contributed by atoms with E-state index in [1.807, 2.05) is 69.4 Å². The van der Waals surface area contributed by atoms with E-state index in [2.05, 4.69) is 57.5 Å². The number of nitrogen functional groups attached to an aromatic ring is 1. The van der Waals surface area contributed by atoms with Gasteiger partial charge in [0.2, 0.25) is 17.7 Å². The number of nitrogens with zero attached hydrogens (tertiary/aromatic N) is 9. The summed E-state index contributed by atoms with van der Waals surface area (Å²) in [6, 6.07) is 21.7. The molecule has 21 nitrogen and oxygen atoms in total. The van der Waals surface area contributed by atoms with Gasteiger partial charge >= 0.3 is 5.97 Å². The number of carbonyl (C=O) groups excluding carboxylic acids is 2. The van der Waals surface area contributed by atoms with Crippen molar-refractivity contribution >= 4 is 46.3 Å². The number of aliphatic hydroxyl groups excluding tert-OH is 1. The van der Waals surface area contributed by atoms with Gasteiger partial charge in [-0.1, -0.05) is 50.2 Å². The van der Waals surface area contributed by atoms with Crippen LogP contribution in [0.15, 0.2) is 89.0 Å². The van der Waals surface area contributed by atoms with Crippen LogP contribution in [-0.2, 0) is 19.1 Å². The molecule has 2 amide bonds. The molecule has 1 aliphatic carbocycles. The number of fused-ring (bicyclic) bond motifs is 2. The van der Waals surface area contributed by atoms with Crippen molar-refractivity contribution in [1.29, 1.82) is 0 Å². The first-order chi connectivity index (χ1) is 39.7. The lowest BCUT2D eigenvalue weighted by Gasteiger charge is -2.43. The zero-order valence-corrected chi connectivity index (χ0v) is 47.4. The highest BCUT2D eigenvalue weighted by Crippen LogP contribution is 2.41. The van der Waals surface area contributed by atoms with Crippen LogP contribution in [0, 0.1) is 12.8 Å². The van der Waals surface area contributed by atoms with Crippen molar-refractivity contribution in [2.45, 2.75) is 139 Å². The predicted octanol–water partition coefficient (Wildman–Crippen LogP) is 7.39. The summed E-state index contributed by atoms with van der Waals surface area (Å²) >= 11 is 1.54. The van der Waals surface area contributed by atoms with Gasteiger partial charge in [-0.15, -0.1) is 21.5 Å². The minimum Gasteiger partial charge on any atom is -0.507 e. The normalized spacial score (nSPS) is 22.7. The highest BCUT2D eigenvalue weighted by Gasteiger charge is 2.45. The summed E-state index contributed by atoms with van der Waals surface area (Å²) in [5.74, 6) is -0.996. The molecular weight excluding hydrogens is 1070 g/mol. The van der Waals surface area contributed by atoms with Crippen molar-refractivity contribution in [2.24, 2.45) is 5.92 Å². The fraction of sp³-hybridized carbons (Fsp3) is 0.500. The molecule has 3 unspecified atom stereocenters. The number of aliphatic hydroxyl groups is 1. The number of carbonyl (C=O) groups is 3. The van der Waals surface area contributed by atoms with E-state index in [4.69, 9.17) is 24.5 Å². The molecule has 22 heteroatoms. The van der Waals surface area contributed by atoms with E-state index in [0.29, 0.717) is 54.7 Å². The van der Waals surface area contributed by atoms with Crippen molar-refractivity contribution in [1.82, 2.24) is 40.4 Å². The van der Waals surface area contributed by atoms with Crippen LogP contribution in [0.3, 0.4) is 0 Å².